The molecule has 710 valence electrons. The lowest BCUT2D eigenvalue weighted by Gasteiger charge is -2.16. The van der Waals surface area contributed by atoms with Gasteiger partial charge in [0.15, 0.2) is 21.4 Å². The van der Waals surface area contributed by atoms with Crippen molar-refractivity contribution in [3.05, 3.63) is 47.5 Å². The molecule has 0 aromatic heterocycles. The third kappa shape index (κ3) is 85.2. The summed E-state index contributed by atoms with van der Waals surface area (Å²) in [6.45, 7) is 29.6. The maximum Gasteiger partial charge on any atom is 0.303 e. The molecule has 40 heteroatoms. The zero-order valence-corrected chi connectivity index (χ0v) is 73.0. The summed E-state index contributed by atoms with van der Waals surface area (Å²) in [5.41, 5.74) is 0.132. The van der Waals surface area contributed by atoms with E-state index >= 15 is 0 Å². The molecule has 0 heterocycles. The van der Waals surface area contributed by atoms with E-state index in [9.17, 15) is 32.7 Å². The molecule has 121 heavy (non-hydrogen) atoms. The second-order valence-electron chi connectivity index (χ2n) is 25.4. The molecule has 1 amide bonds. The van der Waals surface area contributed by atoms with Crippen molar-refractivity contribution >= 4 is 33.3 Å². The fourth-order valence-corrected chi connectivity index (χ4v) is 10.6. The Morgan fingerprint density at radius 3 is 0.694 bits per heavy atom. The molecule has 0 saturated carbocycles. The number of Topliss-reactive ketones (excluding diaryl/α,β-unsaturated/α-hetero) is 2. The van der Waals surface area contributed by atoms with Crippen molar-refractivity contribution < 1.29 is 180 Å². The van der Waals surface area contributed by atoms with Gasteiger partial charge in [-0.05, 0) is 6.42 Å². The lowest BCUT2D eigenvalue weighted by Crippen LogP contribution is -2.34. The summed E-state index contributed by atoms with van der Waals surface area (Å²) in [5, 5.41) is 12.0. The van der Waals surface area contributed by atoms with Crippen LogP contribution in [0.5, 0.6) is 0 Å². The molecule has 0 aliphatic rings. The highest BCUT2D eigenvalue weighted by Crippen LogP contribution is 2.19. The minimum absolute atomic E-state index is 0.0869. The lowest BCUT2D eigenvalue weighted by atomic mass is 9.92. The zero-order chi connectivity index (χ0) is 87.2. The Morgan fingerprint density at radius 2 is 0.488 bits per heavy atom. The van der Waals surface area contributed by atoms with E-state index in [0.29, 0.717) is 357 Å². The Labute approximate surface area is 716 Å². The van der Waals surface area contributed by atoms with Crippen LogP contribution in [-0.2, 0) is 166 Å². The van der Waals surface area contributed by atoms with Crippen LogP contribution in [0.2, 0.25) is 0 Å². The predicted molar refractivity (Wildman–Crippen MR) is 438 cm³/mol. The summed E-state index contributed by atoms with van der Waals surface area (Å²) in [6, 6.07) is 5.52. The molecule has 0 spiro atoms. The number of sulfone groups is 1. The molecule has 0 radical (unpaired) electrons. The van der Waals surface area contributed by atoms with Crippen LogP contribution in [0.15, 0.2) is 36.4 Å². The van der Waals surface area contributed by atoms with Gasteiger partial charge in [0.2, 0.25) is 5.91 Å². The Bertz CT molecular complexity index is 2520. The number of ketones is 2. The Hall–Kier alpha value is -4.05. The second-order valence-corrected chi connectivity index (χ2v) is 27.6. The van der Waals surface area contributed by atoms with Crippen molar-refractivity contribution in [3.8, 4) is 0 Å². The van der Waals surface area contributed by atoms with Crippen LogP contribution in [0.3, 0.4) is 0 Å². The van der Waals surface area contributed by atoms with Gasteiger partial charge in [0, 0.05) is 56.2 Å². The first-order valence-electron chi connectivity index (χ1n) is 41.8. The van der Waals surface area contributed by atoms with Gasteiger partial charge in [-0.15, -0.1) is 0 Å². The topological polar surface area (TPSA) is 421 Å². The molecule has 0 unspecified atom stereocenters. The summed E-state index contributed by atoms with van der Waals surface area (Å²) in [7, 11) is -0.501. The van der Waals surface area contributed by atoms with Gasteiger partial charge < -0.3 is 157 Å². The Kier molecular flexibility index (Phi) is 88.9. The number of methoxy groups -OCH3 is 2. The summed E-state index contributed by atoms with van der Waals surface area (Å²) >= 11 is 0. The Morgan fingerprint density at radius 1 is 0.298 bits per heavy atom. The number of nitrogens with one attached hydrogen (secondary N) is 1. The fraction of sp³-hybridized carbons (Fsp3) is 0.852. The van der Waals surface area contributed by atoms with Crippen molar-refractivity contribution in [1.82, 2.24) is 5.32 Å². The molecule has 1 aromatic carbocycles. The highest BCUT2D eigenvalue weighted by Gasteiger charge is 2.25. The van der Waals surface area contributed by atoms with Crippen LogP contribution < -0.4 is 5.32 Å². The standard InChI is InChI=1S/C81H147NO38S/c1-74(73-121(88,89)71-70-120-69-68-119-67-66-118-65-64-100-27-25-97-21-19-94-15-13-91-3)80(86)76-6-4-75(5-7-76)78(83)72-77(8-9-79(84)85)81(87)82-10-11-92-16-17-95-22-23-98-28-29-101-32-33-103-36-37-105-40-41-107-44-45-109-48-49-111-52-53-113-56-57-115-60-61-117-63-62-116-59-58-114-55-54-112-51-50-110-47-46-108-43-42-106-39-38-104-35-34-102-31-30-99-26-24-96-20-18-93-14-12-90-2/h4-7,77H,1,8-73H2,2-3H3,(H,82,87)(H,84,85)/t77-/m1/s1. The smallest absolute Gasteiger partial charge is 0.303 e. The van der Waals surface area contributed by atoms with E-state index in [1.54, 1.807) is 14.2 Å². The Balaban J connectivity index is 1.83. The average Bonchev–Trinajstić information content (AvgIpc) is 0.842. The normalized spacial score (nSPS) is 12.0. The van der Waals surface area contributed by atoms with Crippen LogP contribution in [-0.4, -0.2) is 466 Å². The first kappa shape index (κ1) is 115. The number of carbonyl (C=O) groups is 4. The molecule has 1 aromatic rings. The summed E-state index contributed by atoms with van der Waals surface area (Å²) < 4.78 is 195. The summed E-state index contributed by atoms with van der Waals surface area (Å²) in [6.07, 6.45) is -0.714. The van der Waals surface area contributed by atoms with Crippen LogP contribution in [0.4, 0.5) is 0 Å². The summed E-state index contributed by atoms with van der Waals surface area (Å²) in [5.74, 6) is -4.58. The van der Waals surface area contributed by atoms with E-state index in [4.69, 9.17) is 147 Å². The van der Waals surface area contributed by atoms with Crippen molar-refractivity contribution in [2.24, 2.45) is 5.92 Å². The highest BCUT2D eigenvalue weighted by molar-refractivity contribution is 7.91. The number of carboxylic acid groups (broad SMARTS) is 1. The molecule has 0 bridgehead atoms. The number of aliphatic carboxylic acids is 1. The van der Waals surface area contributed by atoms with E-state index in [2.05, 4.69) is 11.9 Å². The predicted octanol–water partition coefficient (Wildman–Crippen LogP) is 1.78. The fourth-order valence-electron chi connectivity index (χ4n) is 9.38. The van der Waals surface area contributed by atoms with Gasteiger partial charge in [0.25, 0.3) is 0 Å². The maximum atomic E-state index is 13.3. The monoisotopic (exact) mass is 1770 g/mol. The quantitative estimate of drug-likeness (QED) is 0.0533. The minimum atomic E-state index is -3.75. The third-order valence-electron chi connectivity index (χ3n) is 15.7. The second kappa shape index (κ2) is 93.6. The van der Waals surface area contributed by atoms with Crippen molar-refractivity contribution in [1.29, 1.82) is 0 Å². The molecule has 39 nitrogen and oxygen atoms in total. The first-order chi connectivity index (χ1) is 59.5. The van der Waals surface area contributed by atoms with Crippen molar-refractivity contribution in [3.63, 3.8) is 0 Å². The average molecular weight is 1780 g/mol. The first-order valence-corrected chi connectivity index (χ1v) is 43.6. The largest absolute Gasteiger partial charge is 0.481 e. The summed E-state index contributed by atoms with van der Waals surface area (Å²) in [4.78, 5) is 50.9. The minimum Gasteiger partial charge on any atom is -0.481 e. The molecule has 0 fully saturated rings. The molecule has 1 rings (SSSR count). The number of hydrogen-bond acceptors (Lipinski definition) is 37. The van der Waals surface area contributed by atoms with Crippen LogP contribution in [0.1, 0.15) is 40.0 Å². The third-order valence-corrected chi connectivity index (χ3v) is 17.3. The number of rotatable bonds is 104. The van der Waals surface area contributed by atoms with E-state index in [1.165, 1.54) is 24.3 Å². The van der Waals surface area contributed by atoms with E-state index in [-0.39, 0.29) is 87.9 Å². The van der Waals surface area contributed by atoms with E-state index in [1.807, 2.05) is 0 Å². The number of benzene rings is 1. The molecule has 1 atom stereocenters. The van der Waals surface area contributed by atoms with Crippen LogP contribution in [0, 0.1) is 5.92 Å². The van der Waals surface area contributed by atoms with Gasteiger partial charge in [0.1, 0.15) is 0 Å². The van der Waals surface area contributed by atoms with Gasteiger partial charge in [-0.3, -0.25) is 19.2 Å². The van der Waals surface area contributed by atoms with Crippen molar-refractivity contribution in [2.45, 2.75) is 19.3 Å². The zero-order valence-electron chi connectivity index (χ0n) is 72.2. The van der Waals surface area contributed by atoms with Gasteiger partial charge >= 0.3 is 5.97 Å². The molecule has 2 N–H and O–H groups in total. The molecule has 0 saturated heterocycles. The molecule has 0 aliphatic heterocycles. The molecular formula is C81H147NO38S. The SMILES string of the molecule is C=C(CS(=O)(=O)CCOCCOCCOCCOCCOCCOCCOC)C(=O)c1ccc(C(=O)C[C@@H](CCC(=O)O)C(=O)NCCOCCOCCOCCOCCOCCOCCOCCOCCOCCOCCOCCOCCOCCOCCOCCOCCOCCOCCOCCOCCOCCOCCOCCOC)cc1. The van der Waals surface area contributed by atoms with Gasteiger partial charge in [0.05, 0.1) is 408 Å². The maximum absolute atomic E-state index is 13.3. The lowest BCUT2D eigenvalue weighted by molar-refractivity contribution is -0.137. The van der Waals surface area contributed by atoms with Gasteiger partial charge in [-0.2, -0.15) is 0 Å². The van der Waals surface area contributed by atoms with Gasteiger partial charge in [-0.1, -0.05) is 30.8 Å². The van der Waals surface area contributed by atoms with Gasteiger partial charge in [-0.25, -0.2) is 8.42 Å². The number of carboxylic acids is 1. The molecular weight excluding hydrogens is 1630 g/mol. The van der Waals surface area contributed by atoms with E-state index < -0.39 is 45.0 Å². The molecule has 0 aliphatic carbocycles. The van der Waals surface area contributed by atoms with E-state index in [0.717, 1.165) is 0 Å². The number of amides is 1. The van der Waals surface area contributed by atoms with Crippen LogP contribution >= 0.6 is 0 Å². The highest BCUT2D eigenvalue weighted by atomic mass is 32.2. The van der Waals surface area contributed by atoms with Crippen LogP contribution in [0.25, 0.3) is 0 Å². The number of carbonyl (C=O) groups excluding carboxylic acids is 3. The number of ether oxygens (including phenoxy) is 31. The van der Waals surface area contributed by atoms with Crippen molar-refractivity contribution in [2.75, 3.05) is 429 Å². The number of hydrogen-bond donors (Lipinski definition) is 2.